The predicted octanol–water partition coefficient (Wildman–Crippen LogP) is 0.790. The second-order valence-corrected chi connectivity index (χ2v) is 5.60. The molecule has 2 fully saturated rings. The highest BCUT2D eigenvalue weighted by Crippen LogP contribution is 2.41. The van der Waals surface area contributed by atoms with Crippen LogP contribution < -0.4 is 0 Å². The van der Waals surface area contributed by atoms with Crippen LogP contribution in [-0.4, -0.2) is 48.4 Å². The molecule has 0 radical (unpaired) electrons. The van der Waals surface area contributed by atoms with Gasteiger partial charge in [-0.15, -0.1) is 0 Å². The average Bonchev–Trinajstić information content (AvgIpc) is 3.04. The summed E-state index contributed by atoms with van der Waals surface area (Å²) in [6.07, 6.45) is -0.464. The van der Waals surface area contributed by atoms with Crippen molar-refractivity contribution in [3.05, 3.63) is 35.9 Å². The molecular formula is C15H17NO5. The SMILES string of the molecule is O=C1OC[C@@]2(CO)CN(C(=O)OCc3ccccc3)C[C@@H]12. The first-order valence-corrected chi connectivity index (χ1v) is 6.88. The third kappa shape index (κ3) is 2.47. The van der Waals surface area contributed by atoms with E-state index in [9.17, 15) is 14.7 Å². The van der Waals surface area contributed by atoms with Gasteiger partial charge in [-0.2, -0.15) is 0 Å². The molecule has 6 heteroatoms. The maximum absolute atomic E-state index is 12.1. The van der Waals surface area contributed by atoms with Crippen LogP contribution in [0.4, 0.5) is 4.79 Å². The second kappa shape index (κ2) is 5.37. The molecule has 0 unspecified atom stereocenters. The van der Waals surface area contributed by atoms with Gasteiger partial charge in [0, 0.05) is 13.1 Å². The molecule has 1 aromatic carbocycles. The Kier molecular flexibility index (Phi) is 3.55. The van der Waals surface area contributed by atoms with E-state index >= 15 is 0 Å². The lowest BCUT2D eigenvalue weighted by Crippen LogP contribution is -2.36. The smallest absolute Gasteiger partial charge is 0.410 e. The van der Waals surface area contributed by atoms with Gasteiger partial charge in [-0.1, -0.05) is 30.3 Å². The number of hydrogen-bond donors (Lipinski definition) is 1. The Bertz CT molecular complexity index is 546. The van der Waals surface area contributed by atoms with E-state index in [4.69, 9.17) is 9.47 Å². The van der Waals surface area contributed by atoms with Crippen LogP contribution in [0.2, 0.25) is 0 Å². The molecule has 2 aliphatic rings. The van der Waals surface area contributed by atoms with Gasteiger partial charge in [0.2, 0.25) is 0 Å². The number of carbonyl (C=O) groups excluding carboxylic acids is 2. The van der Waals surface area contributed by atoms with E-state index < -0.39 is 17.4 Å². The number of aliphatic hydroxyl groups excluding tert-OH is 1. The number of cyclic esters (lactones) is 1. The first-order valence-electron chi connectivity index (χ1n) is 6.88. The number of ether oxygens (including phenoxy) is 2. The van der Waals surface area contributed by atoms with E-state index in [1.165, 1.54) is 4.90 Å². The minimum absolute atomic E-state index is 0.162. The highest BCUT2D eigenvalue weighted by Gasteiger charge is 2.57. The van der Waals surface area contributed by atoms with E-state index in [1.54, 1.807) is 0 Å². The number of benzene rings is 1. The summed E-state index contributed by atoms with van der Waals surface area (Å²) in [5.74, 6) is -0.797. The first kappa shape index (κ1) is 13.9. The summed E-state index contributed by atoms with van der Waals surface area (Å²) < 4.78 is 10.2. The molecule has 6 nitrogen and oxygen atoms in total. The van der Waals surface area contributed by atoms with Crippen molar-refractivity contribution in [2.75, 3.05) is 26.3 Å². The normalized spacial score (nSPS) is 27.4. The first-order chi connectivity index (χ1) is 10.1. The summed E-state index contributed by atoms with van der Waals surface area (Å²) in [5, 5.41) is 9.54. The molecule has 2 atom stereocenters. The maximum Gasteiger partial charge on any atom is 0.410 e. The lowest BCUT2D eigenvalue weighted by molar-refractivity contribution is -0.141. The van der Waals surface area contributed by atoms with Gasteiger partial charge < -0.3 is 19.5 Å². The predicted molar refractivity (Wildman–Crippen MR) is 72.2 cm³/mol. The minimum Gasteiger partial charge on any atom is -0.465 e. The second-order valence-electron chi connectivity index (χ2n) is 5.60. The largest absolute Gasteiger partial charge is 0.465 e. The zero-order valence-corrected chi connectivity index (χ0v) is 11.5. The number of amides is 1. The number of likely N-dealkylation sites (tertiary alicyclic amines) is 1. The Labute approximate surface area is 122 Å². The molecule has 1 amide bonds. The summed E-state index contributed by atoms with van der Waals surface area (Å²) in [6, 6.07) is 9.39. The van der Waals surface area contributed by atoms with Gasteiger partial charge in [0.05, 0.1) is 17.9 Å². The molecular weight excluding hydrogens is 274 g/mol. The fraction of sp³-hybridized carbons (Fsp3) is 0.467. The molecule has 2 saturated heterocycles. The van der Waals surface area contributed by atoms with Gasteiger partial charge in [-0.25, -0.2) is 4.79 Å². The van der Waals surface area contributed by atoms with Crippen LogP contribution >= 0.6 is 0 Å². The summed E-state index contributed by atoms with van der Waals surface area (Å²) >= 11 is 0. The fourth-order valence-corrected chi connectivity index (χ4v) is 2.91. The van der Waals surface area contributed by atoms with Crippen molar-refractivity contribution >= 4 is 12.1 Å². The van der Waals surface area contributed by atoms with Crippen LogP contribution in [0.3, 0.4) is 0 Å². The van der Waals surface area contributed by atoms with Crippen LogP contribution in [0, 0.1) is 11.3 Å². The Balaban J connectivity index is 1.61. The third-order valence-electron chi connectivity index (χ3n) is 4.21. The molecule has 2 aliphatic heterocycles. The number of fused-ring (bicyclic) bond motifs is 1. The monoisotopic (exact) mass is 291 g/mol. The van der Waals surface area contributed by atoms with Gasteiger partial charge in [-0.3, -0.25) is 4.79 Å². The molecule has 1 aromatic rings. The standard InChI is InChI=1S/C15H17NO5/c17-9-15-8-16(6-12(15)13(18)21-10-15)14(19)20-7-11-4-2-1-3-5-11/h1-5,12,17H,6-10H2/t12-,15-/m0/s1. The third-order valence-corrected chi connectivity index (χ3v) is 4.21. The van der Waals surface area contributed by atoms with Crippen molar-refractivity contribution in [1.29, 1.82) is 0 Å². The number of aliphatic hydroxyl groups is 1. The molecule has 2 heterocycles. The Morgan fingerprint density at radius 1 is 1.43 bits per heavy atom. The molecule has 0 aliphatic carbocycles. The maximum atomic E-state index is 12.1. The topological polar surface area (TPSA) is 76.1 Å². The van der Waals surface area contributed by atoms with Crippen LogP contribution in [0.15, 0.2) is 30.3 Å². The van der Waals surface area contributed by atoms with E-state index in [1.807, 2.05) is 30.3 Å². The van der Waals surface area contributed by atoms with Crippen molar-refractivity contribution in [3.63, 3.8) is 0 Å². The van der Waals surface area contributed by atoms with Gasteiger partial charge >= 0.3 is 12.1 Å². The number of hydrogen-bond acceptors (Lipinski definition) is 5. The summed E-state index contributed by atoms with van der Waals surface area (Å²) in [6.45, 7) is 0.708. The van der Waals surface area contributed by atoms with Crippen LogP contribution in [0.1, 0.15) is 5.56 Å². The number of nitrogens with zero attached hydrogens (tertiary/aromatic N) is 1. The Morgan fingerprint density at radius 2 is 2.19 bits per heavy atom. The van der Waals surface area contributed by atoms with Crippen LogP contribution in [-0.2, 0) is 20.9 Å². The van der Waals surface area contributed by atoms with Gasteiger partial charge in [0.15, 0.2) is 0 Å². The van der Waals surface area contributed by atoms with Crippen molar-refractivity contribution < 1.29 is 24.2 Å². The lowest BCUT2D eigenvalue weighted by atomic mass is 9.82. The molecule has 0 spiro atoms. The van der Waals surface area contributed by atoms with E-state index in [2.05, 4.69) is 0 Å². The van der Waals surface area contributed by atoms with Gasteiger partial charge in [0.25, 0.3) is 0 Å². The fourth-order valence-electron chi connectivity index (χ4n) is 2.91. The van der Waals surface area contributed by atoms with Crippen LogP contribution in [0.5, 0.6) is 0 Å². The lowest BCUT2D eigenvalue weighted by Gasteiger charge is -2.22. The average molecular weight is 291 g/mol. The molecule has 3 rings (SSSR count). The molecule has 112 valence electrons. The molecule has 0 bridgehead atoms. The molecule has 1 N–H and O–H groups in total. The minimum atomic E-state index is -0.664. The molecule has 21 heavy (non-hydrogen) atoms. The van der Waals surface area contributed by atoms with Crippen LogP contribution in [0.25, 0.3) is 0 Å². The van der Waals surface area contributed by atoms with Crippen molar-refractivity contribution in [2.24, 2.45) is 11.3 Å². The zero-order chi connectivity index (χ0) is 14.9. The summed E-state index contributed by atoms with van der Waals surface area (Å²) in [4.78, 5) is 25.2. The summed E-state index contributed by atoms with van der Waals surface area (Å²) in [7, 11) is 0. The van der Waals surface area contributed by atoms with E-state index in [0.29, 0.717) is 0 Å². The molecule has 0 saturated carbocycles. The van der Waals surface area contributed by atoms with Crippen molar-refractivity contribution in [1.82, 2.24) is 4.90 Å². The Morgan fingerprint density at radius 3 is 2.86 bits per heavy atom. The van der Waals surface area contributed by atoms with Gasteiger partial charge in [0.1, 0.15) is 13.2 Å². The van der Waals surface area contributed by atoms with E-state index in [0.717, 1.165) is 5.56 Å². The van der Waals surface area contributed by atoms with Crippen molar-refractivity contribution in [2.45, 2.75) is 6.61 Å². The van der Waals surface area contributed by atoms with Gasteiger partial charge in [-0.05, 0) is 5.56 Å². The Hall–Kier alpha value is -2.08. The highest BCUT2D eigenvalue weighted by atomic mass is 16.6. The summed E-state index contributed by atoms with van der Waals surface area (Å²) in [5.41, 5.74) is 0.240. The van der Waals surface area contributed by atoms with Crippen molar-refractivity contribution in [3.8, 4) is 0 Å². The highest BCUT2D eigenvalue weighted by molar-refractivity contribution is 5.79. The number of rotatable bonds is 3. The number of esters is 1. The quantitative estimate of drug-likeness (QED) is 0.833. The zero-order valence-electron chi connectivity index (χ0n) is 11.5. The van der Waals surface area contributed by atoms with E-state index in [-0.39, 0.29) is 38.9 Å². The number of carbonyl (C=O) groups is 2. The molecule has 0 aromatic heterocycles.